The third kappa shape index (κ3) is 1.67. The maximum absolute atomic E-state index is 5.94. The van der Waals surface area contributed by atoms with Gasteiger partial charge in [0.15, 0.2) is 0 Å². The highest BCUT2D eigenvalue weighted by Gasteiger charge is 2.26. The van der Waals surface area contributed by atoms with Crippen LogP contribution in [-0.4, -0.2) is 11.1 Å². The van der Waals surface area contributed by atoms with Crippen molar-refractivity contribution in [3.05, 3.63) is 35.0 Å². The van der Waals surface area contributed by atoms with Crippen LogP contribution in [-0.2, 0) is 12.5 Å². The van der Waals surface area contributed by atoms with Gasteiger partial charge in [0.2, 0.25) is 0 Å². The molecule has 2 nitrogen and oxygen atoms in total. The molecule has 0 bridgehead atoms. The van der Waals surface area contributed by atoms with E-state index in [2.05, 4.69) is 57.5 Å². The number of aryl methyl sites for hydroxylation is 2. The maximum Gasteiger partial charge on any atom is 0.0512 e. The summed E-state index contributed by atoms with van der Waals surface area (Å²) in [5.41, 5.74) is 11.3. The average molecular weight is 230 g/mol. The molecule has 0 radical (unpaired) electrons. The molecule has 0 saturated carbocycles. The lowest BCUT2D eigenvalue weighted by Crippen LogP contribution is -2.28. The molecule has 2 aromatic rings. The van der Waals surface area contributed by atoms with Gasteiger partial charge >= 0.3 is 0 Å². The van der Waals surface area contributed by atoms with Crippen LogP contribution in [0.1, 0.15) is 30.7 Å². The fourth-order valence-electron chi connectivity index (χ4n) is 2.79. The Hall–Kier alpha value is -1.28. The Bertz CT molecular complexity index is 562. The van der Waals surface area contributed by atoms with Crippen LogP contribution in [0, 0.1) is 13.8 Å². The fourth-order valence-corrected chi connectivity index (χ4v) is 2.79. The number of fused-ring (bicyclic) bond motifs is 1. The topological polar surface area (TPSA) is 30.9 Å². The predicted molar refractivity (Wildman–Crippen MR) is 74.5 cm³/mol. The van der Waals surface area contributed by atoms with Crippen LogP contribution >= 0.6 is 0 Å². The lowest BCUT2D eigenvalue weighted by atomic mass is 9.83. The van der Waals surface area contributed by atoms with Crippen molar-refractivity contribution in [3.8, 4) is 0 Å². The molecule has 0 atom stereocenters. The molecular formula is C15H22N2. The van der Waals surface area contributed by atoms with Crippen LogP contribution in [0.15, 0.2) is 18.2 Å². The number of hydrogen-bond donors (Lipinski definition) is 1. The van der Waals surface area contributed by atoms with Gasteiger partial charge in [0, 0.05) is 30.1 Å². The Morgan fingerprint density at radius 2 is 1.88 bits per heavy atom. The molecule has 0 fully saturated rings. The van der Waals surface area contributed by atoms with Gasteiger partial charge in [0.05, 0.1) is 5.52 Å². The van der Waals surface area contributed by atoms with E-state index in [-0.39, 0.29) is 5.41 Å². The Morgan fingerprint density at radius 3 is 2.47 bits per heavy atom. The van der Waals surface area contributed by atoms with Crippen molar-refractivity contribution in [1.82, 2.24) is 4.57 Å². The van der Waals surface area contributed by atoms with Crippen LogP contribution in [0.3, 0.4) is 0 Å². The second-order valence-electron chi connectivity index (χ2n) is 5.58. The van der Waals surface area contributed by atoms with Crippen molar-refractivity contribution in [2.24, 2.45) is 12.8 Å². The van der Waals surface area contributed by atoms with Crippen molar-refractivity contribution in [2.45, 2.75) is 33.1 Å². The molecule has 92 valence electrons. The summed E-state index contributed by atoms with van der Waals surface area (Å²) in [6, 6.07) is 6.51. The van der Waals surface area contributed by atoms with Gasteiger partial charge in [-0.2, -0.15) is 0 Å². The van der Waals surface area contributed by atoms with Gasteiger partial charge < -0.3 is 10.3 Å². The van der Waals surface area contributed by atoms with Gasteiger partial charge in [-0.1, -0.05) is 32.0 Å². The minimum atomic E-state index is 0.0252. The first-order valence-corrected chi connectivity index (χ1v) is 6.15. The van der Waals surface area contributed by atoms with Crippen LogP contribution in [0.25, 0.3) is 10.9 Å². The third-order valence-corrected chi connectivity index (χ3v) is 3.89. The van der Waals surface area contributed by atoms with Gasteiger partial charge in [-0.05, 0) is 25.0 Å². The molecule has 1 heterocycles. The first-order valence-electron chi connectivity index (χ1n) is 6.15. The van der Waals surface area contributed by atoms with Crippen LogP contribution in [0.4, 0.5) is 0 Å². The number of nitrogens with two attached hydrogens (primary N) is 1. The molecule has 0 amide bonds. The van der Waals surface area contributed by atoms with Crippen molar-refractivity contribution in [2.75, 3.05) is 6.54 Å². The quantitative estimate of drug-likeness (QED) is 0.844. The summed E-state index contributed by atoms with van der Waals surface area (Å²) >= 11 is 0. The van der Waals surface area contributed by atoms with Gasteiger partial charge in [-0.3, -0.25) is 0 Å². The molecule has 0 aliphatic heterocycles. The molecule has 0 saturated heterocycles. The van der Waals surface area contributed by atoms with Gasteiger partial charge in [-0.25, -0.2) is 0 Å². The summed E-state index contributed by atoms with van der Waals surface area (Å²) in [4.78, 5) is 0. The maximum atomic E-state index is 5.94. The zero-order valence-electron chi connectivity index (χ0n) is 11.5. The molecule has 0 unspecified atom stereocenters. The number of hydrogen-bond acceptors (Lipinski definition) is 1. The lowest BCUT2D eigenvalue weighted by Gasteiger charge is -2.23. The minimum Gasteiger partial charge on any atom is -0.347 e. The van der Waals surface area contributed by atoms with Crippen LogP contribution < -0.4 is 5.73 Å². The van der Waals surface area contributed by atoms with E-state index < -0.39 is 0 Å². The van der Waals surface area contributed by atoms with Crippen molar-refractivity contribution in [3.63, 3.8) is 0 Å². The Morgan fingerprint density at radius 1 is 1.24 bits per heavy atom. The molecule has 2 N–H and O–H groups in total. The third-order valence-electron chi connectivity index (χ3n) is 3.89. The van der Waals surface area contributed by atoms with Crippen molar-refractivity contribution >= 4 is 10.9 Å². The van der Waals surface area contributed by atoms with E-state index in [9.17, 15) is 0 Å². The van der Waals surface area contributed by atoms with Crippen molar-refractivity contribution < 1.29 is 0 Å². The lowest BCUT2D eigenvalue weighted by molar-refractivity contribution is 0.537. The van der Waals surface area contributed by atoms with Crippen LogP contribution in [0.2, 0.25) is 0 Å². The highest BCUT2D eigenvalue weighted by atomic mass is 15.0. The first-order chi connectivity index (χ1) is 7.90. The standard InChI is InChI=1S/C15H22N2/c1-10-7-6-8-12-13(15(3,4)9-16)11(2)17(5)14(10)12/h6-8H,9,16H2,1-5H3. The second kappa shape index (κ2) is 3.88. The molecule has 1 aromatic heterocycles. The zero-order valence-corrected chi connectivity index (χ0v) is 11.5. The summed E-state index contributed by atoms with van der Waals surface area (Å²) in [5.74, 6) is 0. The molecule has 0 aliphatic rings. The Balaban J connectivity index is 2.90. The highest BCUT2D eigenvalue weighted by Crippen LogP contribution is 2.35. The van der Waals surface area contributed by atoms with Crippen LogP contribution in [0.5, 0.6) is 0 Å². The molecular weight excluding hydrogens is 208 g/mol. The van der Waals surface area contributed by atoms with E-state index in [0.29, 0.717) is 6.54 Å². The Labute approximate surface area is 103 Å². The smallest absolute Gasteiger partial charge is 0.0512 e. The first kappa shape index (κ1) is 12.2. The Kier molecular flexibility index (Phi) is 2.78. The zero-order chi connectivity index (χ0) is 12.8. The van der Waals surface area contributed by atoms with Crippen molar-refractivity contribution in [1.29, 1.82) is 0 Å². The van der Waals surface area contributed by atoms with E-state index in [1.807, 2.05) is 0 Å². The summed E-state index contributed by atoms with van der Waals surface area (Å²) in [5, 5.41) is 1.35. The molecule has 2 heteroatoms. The molecule has 2 rings (SSSR count). The number of benzene rings is 1. The second-order valence-corrected chi connectivity index (χ2v) is 5.58. The summed E-state index contributed by atoms with van der Waals surface area (Å²) in [7, 11) is 2.14. The number of nitrogens with zero attached hydrogens (tertiary/aromatic N) is 1. The minimum absolute atomic E-state index is 0.0252. The van der Waals surface area contributed by atoms with E-state index in [1.165, 1.54) is 27.7 Å². The summed E-state index contributed by atoms with van der Waals surface area (Å²) in [6.45, 7) is 9.46. The number of rotatable bonds is 2. The average Bonchev–Trinajstić information content (AvgIpc) is 2.53. The van der Waals surface area contributed by atoms with E-state index >= 15 is 0 Å². The fraction of sp³-hybridized carbons (Fsp3) is 0.467. The van der Waals surface area contributed by atoms with Gasteiger partial charge in [0.1, 0.15) is 0 Å². The SMILES string of the molecule is Cc1cccc2c(C(C)(C)CN)c(C)n(C)c12. The normalized spacial score (nSPS) is 12.4. The van der Waals surface area contributed by atoms with E-state index in [1.54, 1.807) is 0 Å². The molecule has 1 aromatic carbocycles. The van der Waals surface area contributed by atoms with E-state index in [4.69, 9.17) is 5.73 Å². The molecule has 17 heavy (non-hydrogen) atoms. The largest absolute Gasteiger partial charge is 0.347 e. The summed E-state index contributed by atoms with van der Waals surface area (Å²) < 4.78 is 2.29. The highest BCUT2D eigenvalue weighted by molar-refractivity contribution is 5.89. The molecule has 0 aliphatic carbocycles. The monoisotopic (exact) mass is 230 g/mol. The van der Waals surface area contributed by atoms with Gasteiger partial charge in [0.25, 0.3) is 0 Å². The van der Waals surface area contributed by atoms with E-state index in [0.717, 1.165) is 0 Å². The number of aromatic nitrogens is 1. The number of para-hydroxylation sites is 1. The summed E-state index contributed by atoms with van der Waals surface area (Å²) in [6.07, 6.45) is 0. The van der Waals surface area contributed by atoms with Gasteiger partial charge in [-0.15, -0.1) is 0 Å². The predicted octanol–water partition coefficient (Wildman–Crippen LogP) is 3.03. The molecule has 0 spiro atoms.